The monoisotopic (exact) mass is 260 g/mol. The largest absolute Gasteiger partial charge is 0.480 e. The van der Waals surface area contributed by atoms with E-state index in [2.05, 4.69) is 0 Å². The molecule has 0 amide bonds. The van der Waals surface area contributed by atoms with Gasteiger partial charge in [-0.15, -0.1) is 0 Å². The van der Waals surface area contributed by atoms with Crippen LogP contribution in [0.3, 0.4) is 0 Å². The van der Waals surface area contributed by atoms with Crippen LogP contribution in [0, 0.1) is 0 Å². The number of carboxylic acid groups (broad SMARTS) is 1. The summed E-state index contributed by atoms with van der Waals surface area (Å²) in [5.41, 5.74) is 0. The van der Waals surface area contributed by atoms with Gasteiger partial charge in [-0.1, -0.05) is 0 Å². The maximum atomic E-state index is 10.9. The van der Waals surface area contributed by atoms with E-state index in [1.807, 2.05) is 9.44 Å². The van der Waals surface area contributed by atoms with Crippen LogP contribution in [0.1, 0.15) is 0 Å². The Hall–Kier alpha value is -0.710. The Morgan fingerprint density at radius 3 is 2.13 bits per heavy atom. The summed E-state index contributed by atoms with van der Waals surface area (Å²) >= 11 is 0. The summed E-state index contributed by atoms with van der Waals surface area (Å²) in [6.07, 6.45) is 0. The molecule has 0 heterocycles. The van der Waals surface area contributed by atoms with Crippen molar-refractivity contribution in [3.8, 4) is 0 Å². The van der Waals surface area contributed by atoms with Crippen molar-refractivity contribution < 1.29 is 26.7 Å². The van der Waals surface area contributed by atoms with Gasteiger partial charge in [-0.2, -0.15) is 0 Å². The fraction of sp³-hybridized carbons (Fsp3) is 0.800. The van der Waals surface area contributed by atoms with Crippen LogP contribution in [0.5, 0.6) is 0 Å². The zero-order valence-corrected chi connectivity index (χ0v) is 9.56. The molecule has 0 radical (unpaired) electrons. The van der Waals surface area contributed by atoms with Crippen molar-refractivity contribution in [3.63, 3.8) is 0 Å². The average molecular weight is 260 g/mol. The van der Waals surface area contributed by atoms with Gasteiger partial charge in [0.05, 0.1) is 5.75 Å². The topological polar surface area (TPSA) is 130 Å². The molecule has 0 spiro atoms. The Bertz CT molecular complexity index is 411. The molecule has 0 aromatic heterocycles. The van der Waals surface area contributed by atoms with E-state index < -0.39 is 37.5 Å². The van der Waals surface area contributed by atoms with Gasteiger partial charge >= 0.3 is 5.97 Å². The molecule has 0 rings (SSSR count). The number of nitrogens with one attached hydrogen (secondary N) is 2. The maximum Gasteiger partial charge on any atom is 0.320 e. The summed E-state index contributed by atoms with van der Waals surface area (Å²) in [4.78, 5) is 10.1. The molecule has 3 N–H and O–H groups in total. The molecular formula is C5H12N2O6S2. The van der Waals surface area contributed by atoms with Crippen molar-refractivity contribution >= 4 is 26.0 Å². The smallest absolute Gasteiger partial charge is 0.320 e. The van der Waals surface area contributed by atoms with Crippen LogP contribution >= 0.6 is 0 Å². The van der Waals surface area contributed by atoms with Gasteiger partial charge in [0, 0.05) is 6.54 Å². The zero-order chi connectivity index (χ0) is 12.1. The van der Waals surface area contributed by atoms with Crippen LogP contribution in [0.15, 0.2) is 0 Å². The van der Waals surface area contributed by atoms with Gasteiger partial charge < -0.3 is 5.11 Å². The van der Waals surface area contributed by atoms with E-state index in [0.29, 0.717) is 0 Å². The standard InChI is InChI=1S/C5H12N2O6S2/c1-6-14(10,11)3-2-7-15(12,13)4-5(8)9/h6-7H,2-4H2,1H3,(H,8,9). The Morgan fingerprint density at radius 2 is 1.73 bits per heavy atom. The van der Waals surface area contributed by atoms with E-state index >= 15 is 0 Å². The first-order valence-corrected chi connectivity index (χ1v) is 7.09. The number of hydrogen-bond acceptors (Lipinski definition) is 5. The summed E-state index contributed by atoms with van der Waals surface area (Å²) in [6.45, 7) is -0.362. The van der Waals surface area contributed by atoms with Crippen LogP contribution in [0.25, 0.3) is 0 Å². The molecule has 0 aromatic carbocycles. The quantitative estimate of drug-likeness (QED) is 0.465. The summed E-state index contributed by atoms with van der Waals surface area (Å²) in [7, 11) is -6.25. The molecule has 0 unspecified atom stereocenters. The lowest BCUT2D eigenvalue weighted by molar-refractivity contribution is -0.134. The van der Waals surface area contributed by atoms with Crippen molar-refractivity contribution in [3.05, 3.63) is 0 Å². The third-order valence-corrected chi connectivity index (χ3v) is 3.95. The Morgan fingerprint density at radius 1 is 1.20 bits per heavy atom. The Labute approximate surface area is 87.8 Å². The third kappa shape index (κ3) is 7.25. The molecule has 10 heteroatoms. The van der Waals surface area contributed by atoms with E-state index in [4.69, 9.17) is 5.11 Å². The van der Waals surface area contributed by atoms with E-state index in [0.717, 1.165) is 0 Å². The summed E-state index contributed by atoms with van der Waals surface area (Å²) in [5, 5.41) is 8.20. The van der Waals surface area contributed by atoms with Crippen LogP contribution in [0.4, 0.5) is 0 Å². The Balaban J connectivity index is 4.13. The minimum atomic E-state index is -3.95. The molecular weight excluding hydrogens is 248 g/mol. The second-order valence-electron chi connectivity index (χ2n) is 2.57. The SMILES string of the molecule is CNS(=O)(=O)CCNS(=O)(=O)CC(=O)O. The molecule has 15 heavy (non-hydrogen) atoms. The summed E-state index contributed by atoms with van der Waals surface area (Å²) in [5.74, 6) is -3.02. The van der Waals surface area contributed by atoms with Gasteiger partial charge in [0.2, 0.25) is 20.0 Å². The number of carboxylic acids is 1. The van der Waals surface area contributed by atoms with E-state index in [9.17, 15) is 21.6 Å². The number of aliphatic carboxylic acids is 1. The number of sulfonamides is 2. The number of hydrogen-bond donors (Lipinski definition) is 3. The minimum absolute atomic E-state index is 0.362. The average Bonchev–Trinajstić information content (AvgIpc) is 2.00. The molecule has 0 aliphatic carbocycles. The maximum absolute atomic E-state index is 10.9. The Kier molecular flexibility index (Phi) is 5.14. The van der Waals surface area contributed by atoms with Crippen molar-refractivity contribution in [2.45, 2.75) is 0 Å². The molecule has 0 atom stereocenters. The molecule has 0 fully saturated rings. The first-order valence-electron chi connectivity index (χ1n) is 3.79. The molecule has 0 saturated heterocycles. The van der Waals surface area contributed by atoms with Crippen molar-refractivity contribution in [2.75, 3.05) is 25.1 Å². The highest BCUT2D eigenvalue weighted by Crippen LogP contribution is 1.86. The van der Waals surface area contributed by atoms with Gasteiger partial charge in [0.1, 0.15) is 0 Å². The second-order valence-corrected chi connectivity index (χ2v) is 6.42. The highest BCUT2D eigenvalue weighted by molar-refractivity contribution is 7.90. The fourth-order valence-electron chi connectivity index (χ4n) is 0.647. The molecule has 0 bridgehead atoms. The number of rotatable bonds is 7. The lowest BCUT2D eigenvalue weighted by atomic mass is 10.8. The fourth-order valence-corrected chi connectivity index (χ4v) is 2.19. The predicted molar refractivity (Wildman–Crippen MR) is 52.3 cm³/mol. The van der Waals surface area contributed by atoms with Crippen LogP contribution in [-0.2, 0) is 24.8 Å². The summed E-state index contributed by atoms with van der Waals surface area (Å²) < 4.78 is 47.3. The third-order valence-electron chi connectivity index (χ3n) is 1.32. The van der Waals surface area contributed by atoms with Crippen LogP contribution < -0.4 is 9.44 Å². The zero-order valence-electron chi connectivity index (χ0n) is 7.93. The van der Waals surface area contributed by atoms with Crippen molar-refractivity contribution in [1.29, 1.82) is 0 Å². The van der Waals surface area contributed by atoms with Gasteiger partial charge in [0.15, 0.2) is 5.75 Å². The molecule has 0 aliphatic rings. The van der Waals surface area contributed by atoms with Gasteiger partial charge in [-0.05, 0) is 7.05 Å². The second kappa shape index (κ2) is 5.39. The van der Waals surface area contributed by atoms with E-state index in [-0.39, 0.29) is 6.54 Å². The van der Waals surface area contributed by atoms with Gasteiger partial charge in [-0.25, -0.2) is 26.3 Å². The number of carbonyl (C=O) groups is 1. The molecule has 0 aromatic rings. The first kappa shape index (κ1) is 14.3. The van der Waals surface area contributed by atoms with Crippen molar-refractivity contribution in [1.82, 2.24) is 9.44 Å². The van der Waals surface area contributed by atoms with E-state index in [1.54, 1.807) is 0 Å². The molecule has 0 saturated carbocycles. The normalized spacial score (nSPS) is 12.6. The minimum Gasteiger partial charge on any atom is -0.480 e. The molecule has 8 nitrogen and oxygen atoms in total. The highest BCUT2D eigenvalue weighted by atomic mass is 32.2. The van der Waals surface area contributed by atoms with Gasteiger partial charge in [-0.3, -0.25) is 4.79 Å². The highest BCUT2D eigenvalue weighted by Gasteiger charge is 2.16. The van der Waals surface area contributed by atoms with Crippen LogP contribution in [-0.4, -0.2) is 53.0 Å². The predicted octanol–water partition coefficient (Wildman–Crippen LogP) is -2.46. The molecule has 90 valence electrons. The lowest BCUT2D eigenvalue weighted by Gasteiger charge is -2.04. The lowest BCUT2D eigenvalue weighted by Crippen LogP contribution is -2.35. The van der Waals surface area contributed by atoms with Crippen molar-refractivity contribution in [2.24, 2.45) is 0 Å². The summed E-state index contributed by atoms with van der Waals surface area (Å²) in [6, 6.07) is 0. The van der Waals surface area contributed by atoms with Crippen LogP contribution in [0.2, 0.25) is 0 Å². The molecule has 0 aliphatic heterocycles. The first-order chi connectivity index (χ1) is 6.68. The van der Waals surface area contributed by atoms with E-state index in [1.165, 1.54) is 7.05 Å². The van der Waals surface area contributed by atoms with Gasteiger partial charge in [0.25, 0.3) is 0 Å².